The smallest absolute Gasteiger partial charge is 0.200 e. The number of halogens is 5. The van der Waals surface area contributed by atoms with Gasteiger partial charge in [0.15, 0.2) is 23.3 Å². The van der Waals surface area contributed by atoms with Crippen LogP contribution >= 0.6 is 0 Å². The molecular weight excluding hydrogens is 265 g/mol. The van der Waals surface area contributed by atoms with E-state index in [4.69, 9.17) is 0 Å². The monoisotopic (exact) mass is 273 g/mol. The van der Waals surface area contributed by atoms with Crippen molar-refractivity contribution in [3.05, 3.63) is 52.5 Å². The first-order valence-corrected chi connectivity index (χ1v) is 5.29. The Labute approximate surface area is 105 Å². The third-order valence-electron chi connectivity index (χ3n) is 2.84. The van der Waals surface area contributed by atoms with E-state index in [1.165, 1.54) is 12.3 Å². The predicted molar refractivity (Wildman–Crippen MR) is 58.9 cm³/mol. The summed E-state index contributed by atoms with van der Waals surface area (Å²) in [6.45, 7) is 3.36. The molecule has 0 N–H and O–H groups in total. The topological polar surface area (TPSA) is 12.9 Å². The Kier molecular flexibility index (Phi) is 3.26. The summed E-state index contributed by atoms with van der Waals surface area (Å²) in [5.74, 6) is -9.90. The fraction of sp³-hybridized carbons (Fsp3) is 0.154. The molecule has 1 heterocycles. The van der Waals surface area contributed by atoms with E-state index in [0.29, 0.717) is 5.56 Å². The lowest BCUT2D eigenvalue weighted by Gasteiger charge is -2.09. The lowest BCUT2D eigenvalue weighted by atomic mass is 10.1. The number of aryl methyl sites for hydroxylation is 2. The minimum absolute atomic E-state index is 0.295. The van der Waals surface area contributed by atoms with E-state index >= 15 is 0 Å². The molecule has 0 aliphatic carbocycles. The summed E-state index contributed by atoms with van der Waals surface area (Å²) in [7, 11) is 0. The van der Waals surface area contributed by atoms with Crippen LogP contribution in [0.5, 0.6) is 0 Å². The molecule has 0 unspecified atom stereocenters. The zero-order chi connectivity index (χ0) is 14.3. The van der Waals surface area contributed by atoms with Crippen molar-refractivity contribution in [3.63, 3.8) is 0 Å². The average molecular weight is 273 g/mol. The summed E-state index contributed by atoms with van der Waals surface area (Å²) in [6.07, 6.45) is 1.31. The Balaban J connectivity index is 2.79. The molecule has 0 bridgehead atoms. The first-order valence-electron chi connectivity index (χ1n) is 5.29. The van der Waals surface area contributed by atoms with Crippen molar-refractivity contribution in [2.45, 2.75) is 13.8 Å². The molecule has 0 saturated heterocycles. The second kappa shape index (κ2) is 4.60. The van der Waals surface area contributed by atoms with Crippen molar-refractivity contribution in [1.29, 1.82) is 0 Å². The summed E-state index contributed by atoms with van der Waals surface area (Å²) in [5.41, 5.74) is 0.0666. The molecule has 0 spiro atoms. The molecule has 1 aromatic carbocycles. The zero-order valence-corrected chi connectivity index (χ0v) is 9.99. The van der Waals surface area contributed by atoms with Gasteiger partial charge in [0.05, 0.1) is 11.3 Å². The van der Waals surface area contributed by atoms with Crippen LogP contribution in [0, 0.1) is 42.9 Å². The Morgan fingerprint density at radius 1 is 0.737 bits per heavy atom. The summed E-state index contributed by atoms with van der Waals surface area (Å²) < 4.78 is 66.2. The van der Waals surface area contributed by atoms with Crippen molar-refractivity contribution in [2.24, 2.45) is 0 Å². The standard InChI is InChI=1S/C13H8F5N/c1-5-3-7(19-4-6(5)2)8-9(14)11(16)13(18)12(17)10(8)15/h3-4H,1-2H3. The van der Waals surface area contributed by atoms with Crippen LogP contribution < -0.4 is 0 Å². The third kappa shape index (κ3) is 2.07. The highest BCUT2D eigenvalue weighted by molar-refractivity contribution is 5.62. The average Bonchev–Trinajstić information content (AvgIpc) is 2.38. The van der Waals surface area contributed by atoms with Gasteiger partial charge in [0.1, 0.15) is 0 Å². The second-order valence-corrected chi connectivity index (χ2v) is 4.10. The number of aromatic nitrogens is 1. The van der Waals surface area contributed by atoms with Crippen LogP contribution in [0.4, 0.5) is 22.0 Å². The van der Waals surface area contributed by atoms with Gasteiger partial charge in [0.25, 0.3) is 0 Å². The Bertz CT molecular complexity index is 638. The van der Waals surface area contributed by atoms with Crippen molar-refractivity contribution in [1.82, 2.24) is 4.98 Å². The molecule has 1 nitrogen and oxygen atoms in total. The number of nitrogens with zero attached hydrogens (tertiary/aromatic N) is 1. The first kappa shape index (κ1) is 13.5. The molecule has 0 atom stereocenters. The molecule has 2 rings (SSSR count). The third-order valence-corrected chi connectivity index (χ3v) is 2.84. The number of rotatable bonds is 1. The van der Waals surface area contributed by atoms with Crippen molar-refractivity contribution in [3.8, 4) is 11.3 Å². The lowest BCUT2D eigenvalue weighted by Crippen LogP contribution is -2.05. The molecule has 0 radical (unpaired) electrons. The Morgan fingerprint density at radius 2 is 1.21 bits per heavy atom. The van der Waals surface area contributed by atoms with Crippen LogP contribution in [0.1, 0.15) is 11.1 Å². The van der Waals surface area contributed by atoms with Crippen LogP contribution in [0.2, 0.25) is 0 Å². The van der Waals surface area contributed by atoms with Gasteiger partial charge in [-0.2, -0.15) is 0 Å². The summed E-state index contributed by atoms with van der Waals surface area (Å²) >= 11 is 0. The molecular formula is C13H8F5N. The van der Waals surface area contributed by atoms with Gasteiger partial charge in [-0.3, -0.25) is 4.98 Å². The Morgan fingerprint density at radius 3 is 1.68 bits per heavy atom. The summed E-state index contributed by atoms with van der Waals surface area (Å²) in [4.78, 5) is 3.71. The van der Waals surface area contributed by atoms with Gasteiger partial charge in [-0.25, -0.2) is 22.0 Å². The van der Waals surface area contributed by atoms with Crippen LogP contribution in [0.15, 0.2) is 12.3 Å². The maximum absolute atomic E-state index is 13.6. The highest BCUT2D eigenvalue weighted by Crippen LogP contribution is 2.30. The quantitative estimate of drug-likeness (QED) is 0.434. The fourth-order valence-corrected chi connectivity index (χ4v) is 1.59. The van der Waals surface area contributed by atoms with Gasteiger partial charge in [-0.15, -0.1) is 0 Å². The molecule has 0 aliphatic heterocycles. The molecule has 19 heavy (non-hydrogen) atoms. The largest absolute Gasteiger partial charge is 0.256 e. The minimum atomic E-state index is -2.18. The minimum Gasteiger partial charge on any atom is -0.256 e. The van der Waals surface area contributed by atoms with Gasteiger partial charge in [0.2, 0.25) is 5.82 Å². The number of pyridine rings is 1. The number of hydrogen-bond donors (Lipinski definition) is 0. The molecule has 6 heteroatoms. The molecule has 2 aromatic rings. The number of hydrogen-bond acceptors (Lipinski definition) is 1. The number of benzene rings is 1. The van der Waals surface area contributed by atoms with E-state index < -0.39 is 34.6 Å². The SMILES string of the molecule is Cc1cnc(-c2c(F)c(F)c(F)c(F)c2F)cc1C. The summed E-state index contributed by atoms with van der Waals surface area (Å²) in [5, 5.41) is 0. The molecule has 1 aromatic heterocycles. The lowest BCUT2D eigenvalue weighted by molar-refractivity contribution is 0.381. The molecule has 0 saturated carbocycles. The van der Waals surface area contributed by atoms with Gasteiger partial charge in [0, 0.05) is 6.20 Å². The summed E-state index contributed by atoms with van der Waals surface area (Å²) in [6, 6.07) is 1.27. The zero-order valence-electron chi connectivity index (χ0n) is 9.99. The van der Waals surface area contributed by atoms with E-state index in [2.05, 4.69) is 4.98 Å². The fourth-order valence-electron chi connectivity index (χ4n) is 1.59. The van der Waals surface area contributed by atoms with Crippen LogP contribution in [0.3, 0.4) is 0 Å². The van der Waals surface area contributed by atoms with E-state index in [9.17, 15) is 22.0 Å². The Hall–Kier alpha value is -1.98. The second-order valence-electron chi connectivity index (χ2n) is 4.10. The molecule has 0 fully saturated rings. The molecule has 0 amide bonds. The predicted octanol–water partition coefficient (Wildman–Crippen LogP) is 4.06. The van der Waals surface area contributed by atoms with Crippen LogP contribution in [-0.2, 0) is 0 Å². The highest BCUT2D eigenvalue weighted by atomic mass is 19.2. The van der Waals surface area contributed by atoms with Crippen molar-refractivity contribution >= 4 is 0 Å². The van der Waals surface area contributed by atoms with Gasteiger partial charge in [-0.05, 0) is 31.0 Å². The first-order chi connectivity index (χ1) is 8.84. The van der Waals surface area contributed by atoms with Gasteiger partial charge in [-0.1, -0.05) is 0 Å². The van der Waals surface area contributed by atoms with Gasteiger partial charge < -0.3 is 0 Å². The maximum atomic E-state index is 13.6. The molecule has 100 valence electrons. The van der Waals surface area contributed by atoms with Crippen molar-refractivity contribution in [2.75, 3.05) is 0 Å². The van der Waals surface area contributed by atoms with Crippen molar-refractivity contribution < 1.29 is 22.0 Å². The highest BCUT2D eigenvalue weighted by Gasteiger charge is 2.27. The van der Waals surface area contributed by atoms with E-state index in [0.717, 1.165) is 5.56 Å². The van der Waals surface area contributed by atoms with Crippen LogP contribution in [-0.4, -0.2) is 4.98 Å². The van der Waals surface area contributed by atoms with E-state index in [1.54, 1.807) is 13.8 Å². The molecule has 0 aliphatic rings. The van der Waals surface area contributed by atoms with Crippen LogP contribution in [0.25, 0.3) is 11.3 Å². The maximum Gasteiger partial charge on any atom is 0.200 e. The van der Waals surface area contributed by atoms with Gasteiger partial charge >= 0.3 is 0 Å². The normalized spacial score (nSPS) is 10.9. The van der Waals surface area contributed by atoms with E-state index in [1.807, 2.05) is 0 Å². The van der Waals surface area contributed by atoms with E-state index in [-0.39, 0.29) is 5.69 Å².